The SMILES string of the molecule is CNC[C@H]1CCN(C(=O)c2cn[nH]c2-c2ccccc2)C1. The van der Waals surface area contributed by atoms with Crippen LogP contribution in [0.4, 0.5) is 0 Å². The molecular weight excluding hydrogens is 264 g/mol. The third-order valence-electron chi connectivity index (χ3n) is 4.00. The second-order valence-electron chi connectivity index (χ2n) is 5.49. The molecule has 3 rings (SSSR count). The number of carbonyl (C=O) groups is 1. The van der Waals surface area contributed by atoms with E-state index in [0.717, 1.165) is 37.3 Å². The Balaban J connectivity index is 1.79. The predicted molar refractivity (Wildman–Crippen MR) is 82.0 cm³/mol. The normalized spacial score (nSPS) is 18.1. The minimum absolute atomic E-state index is 0.0706. The molecule has 1 fully saturated rings. The van der Waals surface area contributed by atoms with Gasteiger partial charge in [0.05, 0.1) is 17.5 Å². The van der Waals surface area contributed by atoms with Crippen LogP contribution < -0.4 is 5.32 Å². The van der Waals surface area contributed by atoms with Crippen molar-refractivity contribution in [1.29, 1.82) is 0 Å². The van der Waals surface area contributed by atoms with Gasteiger partial charge in [-0.25, -0.2) is 0 Å². The molecule has 2 heterocycles. The lowest BCUT2D eigenvalue weighted by molar-refractivity contribution is 0.0788. The molecule has 2 N–H and O–H groups in total. The summed E-state index contributed by atoms with van der Waals surface area (Å²) in [5, 5.41) is 10.2. The Labute approximate surface area is 124 Å². The first-order valence-electron chi connectivity index (χ1n) is 7.32. The van der Waals surface area contributed by atoms with E-state index in [1.165, 1.54) is 0 Å². The number of likely N-dealkylation sites (tertiary alicyclic amines) is 1. The fourth-order valence-electron chi connectivity index (χ4n) is 2.92. The van der Waals surface area contributed by atoms with Gasteiger partial charge in [-0.3, -0.25) is 9.89 Å². The summed E-state index contributed by atoms with van der Waals surface area (Å²) >= 11 is 0. The van der Waals surface area contributed by atoms with Crippen molar-refractivity contribution in [2.45, 2.75) is 6.42 Å². The van der Waals surface area contributed by atoms with Crippen LogP contribution in [0, 0.1) is 5.92 Å². The van der Waals surface area contributed by atoms with Gasteiger partial charge in [-0.2, -0.15) is 5.10 Å². The van der Waals surface area contributed by atoms with Crippen LogP contribution in [0.5, 0.6) is 0 Å². The van der Waals surface area contributed by atoms with E-state index >= 15 is 0 Å². The van der Waals surface area contributed by atoms with Gasteiger partial charge < -0.3 is 10.2 Å². The predicted octanol–water partition coefficient (Wildman–Crippen LogP) is 1.76. The summed E-state index contributed by atoms with van der Waals surface area (Å²) in [7, 11) is 1.95. The van der Waals surface area contributed by atoms with Crippen LogP contribution in [-0.4, -0.2) is 47.7 Å². The monoisotopic (exact) mass is 284 g/mol. The number of H-pyrrole nitrogens is 1. The van der Waals surface area contributed by atoms with E-state index in [1.807, 2.05) is 42.3 Å². The van der Waals surface area contributed by atoms with E-state index in [1.54, 1.807) is 6.20 Å². The van der Waals surface area contributed by atoms with E-state index in [4.69, 9.17) is 0 Å². The van der Waals surface area contributed by atoms with E-state index < -0.39 is 0 Å². The minimum Gasteiger partial charge on any atom is -0.338 e. The molecule has 1 atom stereocenters. The maximum absolute atomic E-state index is 12.7. The summed E-state index contributed by atoms with van der Waals surface area (Å²) in [6, 6.07) is 9.85. The van der Waals surface area contributed by atoms with Crippen LogP contribution in [0.2, 0.25) is 0 Å². The van der Waals surface area contributed by atoms with Crippen LogP contribution in [0.1, 0.15) is 16.8 Å². The summed E-state index contributed by atoms with van der Waals surface area (Å²) in [4.78, 5) is 14.6. The Morgan fingerprint density at radius 1 is 1.43 bits per heavy atom. The highest BCUT2D eigenvalue weighted by atomic mass is 16.2. The Hall–Kier alpha value is -2.14. The maximum atomic E-state index is 12.7. The molecule has 1 aromatic heterocycles. The first-order valence-corrected chi connectivity index (χ1v) is 7.32. The van der Waals surface area contributed by atoms with Crippen LogP contribution in [0.15, 0.2) is 36.5 Å². The average Bonchev–Trinajstić information content (AvgIpc) is 3.17. The molecule has 5 nitrogen and oxygen atoms in total. The number of aromatic nitrogens is 2. The van der Waals surface area contributed by atoms with Crippen LogP contribution in [-0.2, 0) is 0 Å². The topological polar surface area (TPSA) is 61.0 Å². The highest BCUT2D eigenvalue weighted by molar-refractivity contribution is 5.99. The van der Waals surface area contributed by atoms with Gasteiger partial charge >= 0.3 is 0 Å². The van der Waals surface area contributed by atoms with Gasteiger partial charge in [-0.15, -0.1) is 0 Å². The molecule has 1 aromatic carbocycles. The van der Waals surface area contributed by atoms with E-state index in [2.05, 4.69) is 15.5 Å². The molecule has 0 unspecified atom stereocenters. The number of nitrogens with zero attached hydrogens (tertiary/aromatic N) is 2. The number of aromatic amines is 1. The van der Waals surface area contributed by atoms with E-state index in [-0.39, 0.29) is 5.91 Å². The lowest BCUT2D eigenvalue weighted by atomic mass is 10.1. The molecular formula is C16H20N4O. The first kappa shape index (κ1) is 13.8. The van der Waals surface area contributed by atoms with Crippen molar-refractivity contribution in [3.63, 3.8) is 0 Å². The van der Waals surface area contributed by atoms with Crippen LogP contribution in [0.3, 0.4) is 0 Å². The zero-order valence-electron chi connectivity index (χ0n) is 12.2. The van der Waals surface area contributed by atoms with Gasteiger partial charge in [0.25, 0.3) is 5.91 Å². The standard InChI is InChI=1S/C16H20N4O/c1-17-9-12-7-8-20(11-12)16(21)14-10-18-19-15(14)13-5-3-2-4-6-13/h2-6,10,12,17H,7-9,11H2,1H3,(H,18,19)/t12-/m1/s1. The van der Waals surface area contributed by atoms with E-state index in [0.29, 0.717) is 11.5 Å². The van der Waals surface area contributed by atoms with Crippen molar-refractivity contribution < 1.29 is 4.79 Å². The number of benzene rings is 1. The third kappa shape index (κ3) is 2.83. The van der Waals surface area contributed by atoms with Crippen LogP contribution in [0.25, 0.3) is 11.3 Å². The number of carbonyl (C=O) groups excluding carboxylic acids is 1. The molecule has 110 valence electrons. The largest absolute Gasteiger partial charge is 0.338 e. The summed E-state index contributed by atoms with van der Waals surface area (Å²) in [5.74, 6) is 0.618. The minimum atomic E-state index is 0.0706. The van der Waals surface area contributed by atoms with E-state index in [9.17, 15) is 4.79 Å². The third-order valence-corrected chi connectivity index (χ3v) is 4.00. The highest BCUT2D eigenvalue weighted by Gasteiger charge is 2.28. The first-order chi connectivity index (χ1) is 10.3. The van der Waals surface area contributed by atoms with Gasteiger partial charge in [-0.05, 0) is 25.9 Å². The van der Waals surface area contributed by atoms with Gasteiger partial charge in [-0.1, -0.05) is 30.3 Å². The highest BCUT2D eigenvalue weighted by Crippen LogP contribution is 2.24. The maximum Gasteiger partial charge on any atom is 0.257 e. The molecule has 2 aromatic rings. The molecule has 0 saturated carbocycles. The zero-order valence-corrected chi connectivity index (χ0v) is 12.2. The van der Waals surface area contributed by atoms with Gasteiger partial charge in [0, 0.05) is 18.7 Å². The van der Waals surface area contributed by atoms with Crippen molar-refractivity contribution in [3.05, 3.63) is 42.1 Å². The number of amides is 1. The average molecular weight is 284 g/mol. The molecule has 1 aliphatic heterocycles. The van der Waals surface area contributed by atoms with Crippen LogP contribution >= 0.6 is 0 Å². The molecule has 5 heteroatoms. The summed E-state index contributed by atoms with van der Waals surface area (Å²) in [6.45, 7) is 2.60. The number of hydrogen-bond donors (Lipinski definition) is 2. The number of rotatable bonds is 4. The second-order valence-corrected chi connectivity index (χ2v) is 5.49. The van der Waals surface area contributed by atoms with Gasteiger partial charge in [0.1, 0.15) is 0 Å². The zero-order chi connectivity index (χ0) is 14.7. The summed E-state index contributed by atoms with van der Waals surface area (Å²) < 4.78 is 0. The summed E-state index contributed by atoms with van der Waals surface area (Å²) in [6.07, 6.45) is 2.70. The Morgan fingerprint density at radius 3 is 3.00 bits per heavy atom. The molecule has 1 aliphatic rings. The Morgan fingerprint density at radius 2 is 2.24 bits per heavy atom. The molecule has 1 saturated heterocycles. The molecule has 0 radical (unpaired) electrons. The fourth-order valence-corrected chi connectivity index (χ4v) is 2.92. The lowest BCUT2D eigenvalue weighted by Crippen LogP contribution is -2.30. The molecule has 0 spiro atoms. The van der Waals surface area contributed by atoms with Crippen molar-refractivity contribution in [1.82, 2.24) is 20.4 Å². The molecule has 21 heavy (non-hydrogen) atoms. The van der Waals surface area contributed by atoms with Crippen molar-refractivity contribution in [3.8, 4) is 11.3 Å². The van der Waals surface area contributed by atoms with Gasteiger partial charge in [0.15, 0.2) is 0 Å². The fraction of sp³-hybridized carbons (Fsp3) is 0.375. The Kier molecular flexibility index (Phi) is 4.01. The number of hydrogen-bond acceptors (Lipinski definition) is 3. The molecule has 0 bridgehead atoms. The number of nitrogens with one attached hydrogen (secondary N) is 2. The Bertz CT molecular complexity index is 608. The van der Waals surface area contributed by atoms with Gasteiger partial charge in [0.2, 0.25) is 0 Å². The van der Waals surface area contributed by atoms with Crippen molar-refractivity contribution >= 4 is 5.91 Å². The quantitative estimate of drug-likeness (QED) is 0.899. The smallest absolute Gasteiger partial charge is 0.257 e. The summed E-state index contributed by atoms with van der Waals surface area (Å²) in [5.41, 5.74) is 2.45. The lowest BCUT2D eigenvalue weighted by Gasteiger charge is -2.16. The molecule has 0 aliphatic carbocycles. The molecule has 1 amide bonds. The second kappa shape index (κ2) is 6.10. The van der Waals surface area contributed by atoms with Crippen molar-refractivity contribution in [2.75, 3.05) is 26.7 Å². The van der Waals surface area contributed by atoms with Crippen molar-refractivity contribution in [2.24, 2.45) is 5.92 Å².